The summed E-state index contributed by atoms with van der Waals surface area (Å²) in [5.41, 5.74) is 2.48. The summed E-state index contributed by atoms with van der Waals surface area (Å²) in [5.74, 6) is 0.893. The second kappa shape index (κ2) is 5.30. The summed E-state index contributed by atoms with van der Waals surface area (Å²) < 4.78 is 4.45. The van der Waals surface area contributed by atoms with Gasteiger partial charge in [-0.3, -0.25) is 4.29 Å². The number of rotatable bonds is 4. The number of nitrogens with zero attached hydrogens (tertiary/aromatic N) is 1. The molecule has 0 fully saturated rings. The van der Waals surface area contributed by atoms with E-state index >= 15 is 0 Å². The highest BCUT2D eigenvalue weighted by Gasteiger charge is 2.09. The Balaban J connectivity index is 2.00. The van der Waals surface area contributed by atoms with Crippen LogP contribution in [0.15, 0.2) is 12.1 Å². The Morgan fingerprint density at radius 2 is 2.47 bits per heavy atom. The molecule has 0 atom stereocenters. The lowest BCUT2D eigenvalue weighted by atomic mass is 10.1. The molecule has 2 heterocycles. The normalized spacial score (nSPS) is 14.7. The maximum Gasteiger partial charge on any atom is 0.126 e. The summed E-state index contributed by atoms with van der Waals surface area (Å²) >= 11 is 5.11. The Morgan fingerprint density at radius 1 is 1.53 bits per heavy atom. The van der Waals surface area contributed by atoms with Gasteiger partial charge in [0.25, 0.3) is 0 Å². The number of aromatic nitrogens is 1. The van der Waals surface area contributed by atoms with Gasteiger partial charge in [0.2, 0.25) is 0 Å². The van der Waals surface area contributed by atoms with Crippen LogP contribution in [-0.2, 0) is 17.3 Å². The molecule has 0 aliphatic carbocycles. The maximum absolute atomic E-state index is 5.11. The van der Waals surface area contributed by atoms with Crippen LogP contribution in [0.25, 0.3) is 0 Å². The molecule has 0 saturated carbocycles. The molecule has 0 bridgehead atoms. The van der Waals surface area contributed by atoms with Crippen LogP contribution < -0.4 is 10.6 Å². The molecule has 0 amide bonds. The molecule has 4 nitrogen and oxygen atoms in total. The third-order valence-corrected chi connectivity index (χ3v) is 2.56. The number of halogens is 1. The van der Waals surface area contributed by atoms with Crippen molar-refractivity contribution in [3.05, 3.63) is 23.4 Å². The van der Waals surface area contributed by atoms with E-state index in [1.165, 1.54) is 11.3 Å². The third kappa shape index (κ3) is 2.81. The first-order chi connectivity index (χ1) is 7.40. The van der Waals surface area contributed by atoms with Crippen molar-refractivity contribution < 1.29 is 4.29 Å². The van der Waals surface area contributed by atoms with Crippen molar-refractivity contribution in [3.63, 3.8) is 0 Å². The van der Waals surface area contributed by atoms with Crippen LogP contribution in [0.2, 0.25) is 0 Å². The first kappa shape index (κ1) is 10.7. The first-order valence-corrected chi connectivity index (χ1v) is 5.38. The van der Waals surface area contributed by atoms with Crippen molar-refractivity contribution in [2.24, 2.45) is 0 Å². The minimum absolute atomic E-state index is 0.474. The van der Waals surface area contributed by atoms with E-state index in [1.807, 2.05) is 6.07 Å². The van der Waals surface area contributed by atoms with E-state index in [1.54, 1.807) is 0 Å². The van der Waals surface area contributed by atoms with Gasteiger partial charge in [0.15, 0.2) is 0 Å². The van der Waals surface area contributed by atoms with Gasteiger partial charge in [-0.25, -0.2) is 4.98 Å². The molecular weight excluding hydrogens is 214 g/mol. The van der Waals surface area contributed by atoms with Crippen LogP contribution in [0.4, 0.5) is 5.82 Å². The minimum Gasteiger partial charge on any atom is -0.368 e. The predicted molar refractivity (Wildman–Crippen MR) is 59.9 cm³/mol. The summed E-state index contributed by atoms with van der Waals surface area (Å²) in [6, 6.07) is 4.10. The van der Waals surface area contributed by atoms with E-state index < -0.39 is 0 Å². The van der Waals surface area contributed by atoms with Crippen LogP contribution in [0.1, 0.15) is 11.3 Å². The number of nitrogens with one attached hydrogen (secondary N) is 2. The second-order valence-corrected chi connectivity index (χ2v) is 3.69. The molecule has 0 radical (unpaired) electrons. The molecule has 1 aromatic heterocycles. The van der Waals surface area contributed by atoms with Gasteiger partial charge >= 0.3 is 0 Å². The Kier molecular flexibility index (Phi) is 3.77. The van der Waals surface area contributed by atoms with Crippen molar-refractivity contribution in [2.45, 2.75) is 13.0 Å². The number of pyridine rings is 1. The van der Waals surface area contributed by atoms with Gasteiger partial charge in [-0.15, -0.1) is 0 Å². The number of fused-ring (bicyclic) bond motifs is 1. The smallest absolute Gasteiger partial charge is 0.126 e. The molecule has 82 valence electrons. The molecule has 0 saturated heterocycles. The SMILES string of the molecule is ClOCCNc1ccc2c(n1)CCNC2. The fraction of sp³-hybridized carbons (Fsp3) is 0.500. The number of hydrogen-bond donors (Lipinski definition) is 2. The highest BCUT2D eigenvalue weighted by atomic mass is 35.5. The molecule has 2 N–H and O–H groups in total. The molecule has 2 rings (SSSR count). The molecular formula is C10H14ClN3O. The summed E-state index contributed by atoms with van der Waals surface area (Å²) in [6.45, 7) is 3.08. The van der Waals surface area contributed by atoms with Crippen LogP contribution >= 0.6 is 11.9 Å². The first-order valence-electron chi connectivity index (χ1n) is 5.07. The fourth-order valence-electron chi connectivity index (χ4n) is 1.65. The molecule has 0 spiro atoms. The summed E-state index contributed by atoms with van der Waals surface area (Å²) in [7, 11) is 0. The van der Waals surface area contributed by atoms with Gasteiger partial charge in [-0.1, -0.05) is 6.07 Å². The maximum atomic E-state index is 5.11. The standard InChI is InChI=1S/C10H14ClN3O/c11-15-6-5-13-10-2-1-8-7-12-4-3-9(8)14-10/h1-2,12H,3-7H2,(H,13,14). The van der Waals surface area contributed by atoms with Gasteiger partial charge in [0.1, 0.15) is 5.82 Å². The van der Waals surface area contributed by atoms with Crippen LogP contribution in [0.3, 0.4) is 0 Å². The van der Waals surface area contributed by atoms with Crippen molar-refractivity contribution in [1.29, 1.82) is 0 Å². The van der Waals surface area contributed by atoms with E-state index in [-0.39, 0.29) is 0 Å². The summed E-state index contributed by atoms with van der Waals surface area (Å²) in [6.07, 6.45) is 0.997. The average molecular weight is 228 g/mol. The van der Waals surface area contributed by atoms with E-state index in [9.17, 15) is 0 Å². The second-order valence-electron chi connectivity index (χ2n) is 3.47. The third-order valence-electron chi connectivity index (χ3n) is 2.41. The van der Waals surface area contributed by atoms with Gasteiger partial charge in [0, 0.05) is 31.7 Å². The van der Waals surface area contributed by atoms with Crippen LogP contribution in [0.5, 0.6) is 0 Å². The Morgan fingerprint density at radius 3 is 3.33 bits per heavy atom. The Labute approximate surface area is 94.2 Å². The lowest BCUT2D eigenvalue weighted by Crippen LogP contribution is -2.24. The highest BCUT2D eigenvalue weighted by Crippen LogP contribution is 2.14. The largest absolute Gasteiger partial charge is 0.368 e. The lowest BCUT2D eigenvalue weighted by molar-refractivity contribution is 0.369. The Bertz CT molecular complexity index is 332. The zero-order valence-electron chi connectivity index (χ0n) is 8.42. The molecule has 5 heteroatoms. The lowest BCUT2D eigenvalue weighted by Gasteiger charge is -2.17. The van der Waals surface area contributed by atoms with E-state index in [2.05, 4.69) is 26.0 Å². The molecule has 1 aliphatic rings. The van der Waals surface area contributed by atoms with Crippen molar-refractivity contribution in [1.82, 2.24) is 10.3 Å². The van der Waals surface area contributed by atoms with Gasteiger partial charge in [-0.2, -0.15) is 0 Å². The van der Waals surface area contributed by atoms with Crippen molar-refractivity contribution in [3.8, 4) is 0 Å². The van der Waals surface area contributed by atoms with Gasteiger partial charge < -0.3 is 10.6 Å². The molecule has 1 aromatic rings. The predicted octanol–water partition coefficient (Wildman–Crippen LogP) is 1.31. The van der Waals surface area contributed by atoms with Crippen molar-refractivity contribution >= 4 is 17.7 Å². The molecule has 0 unspecified atom stereocenters. The zero-order valence-corrected chi connectivity index (χ0v) is 9.18. The zero-order chi connectivity index (χ0) is 10.5. The van der Waals surface area contributed by atoms with Crippen molar-refractivity contribution in [2.75, 3.05) is 25.0 Å². The molecule has 15 heavy (non-hydrogen) atoms. The average Bonchev–Trinajstić information content (AvgIpc) is 2.29. The van der Waals surface area contributed by atoms with E-state index in [0.717, 1.165) is 25.3 Å². The van der Waals surface area contributed by atoms with E-state index in [4.69, 9.17) is 11.9 Å². The van der Waals surface area contributed by atoms with Crippen LogP contribution in [0, 0.1) is 0 Å². The number of anilines is 1. The van der Waals surface area contributed by atoms with E-state index in [0.29, 0.717) is 13.2 Å². The van der Waals surface area contributed by atoms with Gasteiger partial charge in [-0.05, 0) is 11.6 Å². The minimum atomic E-state index is 0.474. The van der Waals surface area contributed by atoms with Gasteiger partial charge in [0.05, 0.1) is 18.5 Å². The molecule has 1 aliphatic heterocycles. The Hall–Kier alpha value is -0.840. The van der Waals surface area contributed by atoms with Crippen LogP contribution in [-0.4, -0.2) is 24.7 Å². The highest BCUT2D eigenvalue weighted by molar-refractivity contribution is 6.07. The number of hydrogen-bond acceptors (Lipinski definition) is 4. The molecule has 0 aromatic carbocycles. The quantitative estimate of drug-likeness (QED) is 0.762. The monoisotopic (exact) mass is 227 g/mol. The fourth-order valence-corrected chi connectivity index (χ4v) is 1.73. The summed E-state index contributed by atoms with van der Waals surface area (Å²) in [4.78, 5) is 4.54. The topological polar surface area (TPSA) is 46.2 Å². The summed E-state index contributed by atoms with van der Waals surface area (Å²) in [5, 5.41) is 6.47.